The molecule has 0 unspecified atom stereocenters. The van der Waals surface area contributed by atoms with Crippen LogP contribution < -0.4 is 5.32 Å². The number of aromatic nitrogens is 1. The molecular weight excluding hydrogens is 374 g/mol. The standard InChI is InChI=1S/C17H21N3O4S2/c1-3-12-5-7-13(8-6-12)26(22,23)20-10-9-14-15(11-20)25-16(18-14)19-17(21)24-4-2/h5-8H,3-4,9-11H2,1-2H3,(H,18,19,21). The third kappa shape index (κ3) is 3.89. The van der Waals surface area contributed by atoms with E-state index in [-0.39, 0.29) is 13.2 Å². The number of nitrogens with zero attached hydrogens (tertiary/aromatic N) is 2. The molecule has 7 nitrogen and oxygen atoms in total. The lowest BCUT2D eigenvalue weighted by Gasteiger charge is -2.25. The summed E-state index contributed by atoms with van der Waals surface area (Å²) in [5, 5.41) is 3.01. The zero-order valence-electron chi connectivity index (χ0n) is 14.7. The van der Waals surface area contributed by atoms with E-state index in [0.29, 0.717) is 23.0 Å². The summed E-state index contributed by atoms with van der Waals surface area (Å²) in [7, 11) is -3.55. The number of aryl methyl sites for hydroxylation is 1. The molecule has 0 radical (unpaired) electrons. The van der Waals surface area contributed by atoms with Crippen LogP contribution in [0, 0.1) is 0 Å². The van der Waals surface area contributed by atoms with Crippen molar-refractivity contribution in [3.8, 4) is 0 Å². The molecule has 0 bridgehead atoms. The highest BCUT2D eigenvalue weighted by molar-refractivity contribution is 7.89. The summed E-state index contributed by atoms with van der Waals surface area (Å²) in [4.78, 5) is 17.0. The minimum atomic E-state index is -3.55. The van der Waals surface area contributed by atoms with E-state index in [1.165, 1.54) is 15.6 Å². The number of hydrogen-bond donors (Lipinski definition) is 1. The molecule has 0 saturated carbocycles. The number of benzene rings is 1. The van der Waals surface area contributed by atoms with Crippen LogP contribution in [0.15, 0.2) is 29.2 Å². The molecule has 1 aliphatic rings. The van der Waals surface area contributed by atoms with Crippen molar-refractivity contribution in [2.24, 2.45) is 0 Å². The van der Waals surface area contributed by atoms with Crippen LogP contribution in [0.25, 0.3) is 0 Å². The summed E-state index contributed by atoms with van der Waals surface area (Å²) < 4.78 is 32.1. The number of ether oxygens (including phenoxy) is 1. The largest absolute Gasteiger partial charge is 0.450 e. The zero-order chi connectivity index (χ0) is 18.7. The fraction of sp³-hybridized carbons (Fsp3) is 0.412. The minimum absolute atomic E-state index is 0.259. The van der Waals surface area contributed by atoms with Gasteiger partial charge in [0.05, 0.1) is 23.7 Å². The number of amides is 1. The molecule has 1 N–H and O–H groups in total. The minimum Gasteiger partial charge on any atom is -0.450 e. The van der Waals surface area contributed by atoms with Gasteiger partial charge < -0.3 is 4.74 Å². The van der Waals surface area contributed by atoms with E-state index in [2.05, 4.69) is 10.3 Å². The van der Waals surface area contributed by atoms with E-state index in [1.807, 2.05) is 19.1 Å². The maximum atomic E-state index is 12.9. The topological polar surface area (TPSA) is 88.6 Å². The average molecular weight is 396 g/mol. The maximum Gasteiger partial charge on any atom is 0.413 e. The Morgan fingerprint density at radius 2 is 2.04 bits per heavy atom. The van der Waals surface area contributed by atoms with E-state index >= 15 is 0 Å². The fourth-order valence-corrected chi connectivity index (χ4v) is 5.23. The van der Waals surface area contributed by atoms with Crippen LogP contribution in [-0.2, 0) is 34.1 Å². The first-order valence-corrected chi connectivity index (χ1v) is 10.7. The number of hydrogen-bond acceptors (Lipinski definition) is 6. The first kappa shape index (κ1) is 18.8. The third-order valence-corrected chi connectivity index (χ3v) is 7.01. The highest BCUT2D eigenvalue weighted by atomic mass is 32.2. The number of nitrogens with one attached hydrogen (secondary N) is 1. The third-order valence-electron chi connectivity index (χ3n) is 4.15. The summed E-state index contributed by atoms with van der Waals surface area (Å²) in [6.45, 7) is 4.66. The van der Waals surface area contributed by atoms with Gasteiger partial charge in [-0.2, -0.15) is 4.31 Å². The van der Waals surface area contributed by atoms with Crippen molar-refractivity contribution in [1.82, 2.24) is 9.29 Å². The van der Waals surface area contributed by atoms with Gasteiger partial charge in [-0.1, -0.05) is 30.4 Å². The number of carbonyl (C=O) groups is 1. The van der Waals surface area contributed by atoms with Gasteiger partial charge in [-0.3, -0.25) is 5.32 Å². The molecule has 0 saturated heterocycles. The molecule has 0 aliphatic carbocycles. The van der Waals surface area contributed by atoms with Crippen LogP contribution in [0.2, 0.25) is 0 Å². The molecule has 0 spiro atoms. The maximum absolute atomic E-state index is 12.9. The summed E-state index contributed by atoms with van der Waals surface area (Å²) in [5.74, 6) is 0. The molecule has 1 aromatic carbocycles. The summed E-state index contributed by atoms with van der Waals surface area (Å²) in [6.07, 6.45) is 0.826. The highest BCUT2D eigenvalue weighted by Crippen LogP contribution is 2.31. The zero-order valence-corrected chi connectivity index (χ0v) is 16.3. The molecule has 9 heteroatoms. The summed E-state index contributed by atoms with van der Waals surface area (Å²) in [6, 6.07) is 7.00. The van der Waals surface area contributed by atoms with Gasteiger partial charge in [0.15, 0.2) is 5.13 Å². The Kier molecular flexibility index (Phi) is 5.59. The van der Waals surface area contributed by atoms with Gasteiger partial charge in [-0.25, -0.2) is 18.2 Å². The molecule has 1 amide bonds. The Labute approximate surface area is 157 Å². The van der Waals surface area contributed by atoms with Crippen molar-refractivity contribution < 1.29 is 17.9 Å². The first-order chi connectivity index (χ1) is 12.4. The van der Waals surface area contributed by atoms with Gasteiger partial charge in [0.1, 0.15) is 0 Å². The predicted octanol–water partition coefficient (Wildman–Crippen LogP) is 3.02. The summed E-state index contributed by atoms with van der Waals surface area (Å²) in [5.41, 5.74) is 1.93. The lowest BCUT2D eigenvalue weighted by Crippen LogP contribution is -2.35. The average Bonchev–Trinajstić information content (AvgIpc) is 3.03. The van der Waals surface area contributed by atoms with Crippen molar-refractivity contribution in [2.45, 2.75) is 38.1 Å². The van der Waals surface area contributed by atoms with Crippen molar-refractivity contribution >= 4 is 32.6 Å². The highest BCUT2D eigenvalue weighted by Gasteiger charge is 2.30. The first-order valence-electron chi connectivity index (χ1n) is 8.45. The van der Waals surface area contributed by atoms with Crippen LogP contribution >= 0.6 is 11.3 Å². The lowest BCUT2D eigenvalue weighted by atomic mass is 10.2. The SMILES string of the molecule is CCOC(=O)Nc1nc2c(s1)CN(S(=O)(=O)c1ccc(CC)cc1)CC2. The van der Waals surface area contributed by atoms with Crippen LogP contribution in [0.3, 0.4) is 0 Å². The van der Waals surface area contributed by atoms with E-state index in [0.717, 1.165) is 22.6 Å². The lowest BCUT2D eigenvalue weighted by molar-refractivity contribution is 0.168. The van der Waals surface area contributed by atoms with Gasteiger partial charge in [-0.05, 0) is 31.0 Å². The van der Waals surface area contributed by atoms with E-state index in [1.54, 1.807) is 19.1 Å². The normalized spacial score (nSPS) is 14.7. The van der Waals surface area contributed by atoms with Crippen LogP contribution in [0.5, 0.6) is 0 Å². The number of sulfonamides is 1. The van der Waals surface area contributed by atoms with Crippen LogP contribution in [-0.4, -0.2) is 37.0 Å². The smallest absolute Gasteiger partial charge is 0.413 e. The number of fused-ring (bicyclic) bond motifs is 1. The molecule has 0 atom stereocenters. The van der Waals surface area contributed by atoms with E-state index < -0.39 is 16.1 Å². The quantitative estimate of drug-likeness (QED) is 0.841. The van der Waals surface area contributed by atoms with Gasteiger partial charge in [0, 0.05) is 17.8 Å². The van der Waals surface area contributed by atoms with Gasteiger partial charge in [0.2, 0.25) is 10.0 Å². The Morgan fingerprint density at radius 3 is 2.69 bits per heavy atom. The Morgan fingerprint density at radius 1 is 1.31 bits per heavy atom. The van der Waals surface area contributed by atoms with Crippen LogP contribution in [0.4, 0.5) is 9.93 Å². The van der Waals surface area contributed by atoms with Crippen molar-refractivity contribution in [1.29, 1.82) is 0 Å². The molecule has 26 heavy (non-hydrogen) atoms. The van der Waals surface area contributed by atoms with Gasteiger partial charge >= 0.3 is 6.09 Å². The van der Waals surface area contributed by atoms with Crippen LogP contribution in [0.1, 0.15) is 30.0 Å². The van der Waals surface area contributed by atoms with Gasteiger partial charge in [-0.15, -0.1) is 0 Å². The Hall–Kier alpha value is -1.97. The molecule has 1 aliphatic heterocycles. The Balaban J connectivity index is 1.76. The van der Waals surface area contributed by atoms with Crippen molar-refractivity contribution in [2.75, 3.05) is 18.5 Å². The molecule has 2 aromatic rings. The number of carbonyl (C=O) groups excluding carboxylic acids is 1. The molecule has 3 rings (SSSR count). The molecule has 2 heterocycles. The second-order valence-electron chi connectivity index (χ2n) is 5.82. The van der Waals surface area contributed by atoms with E-state index in [9.17, 15) is 13.2 Å². The van der Waals surface area contributed by atoms with Crippen molar-refractivity contribution in [3.05, 3.63) is 40.4 Å². The fourth-order valence-electron chi connectivity index (χ4n) is 2.73. The second kappa shape index (κ2) is 7.73. The summed E-state index contributed by atoms with van der Waals surface area (Å²) >= 11 is 1.28. The number of rotatable bonds is 5. The van der Waals surface area contributed by atoms with Crippen molar-refractivity contribution in [3.63, 3.8) is 0 Å². The Bertz CT molecular complexity index is 891. The molecule has 140 valence electrons. The number of anilines is 1. The monoisotopic (exact) mass is 395 g/mol. The second-order valence-corrected chi connectivity index (χ2v) is 8.84. The number of thiazole rings is 1. The molecule has 1 aromatic heterocycles. The molecular formula is C17H21N3O4S2. The predicted molar refractivity (Wildman–Crippen MR) is 99.9 cm³/mol. The molecule has 0 fully saturated rings. The van der Waals surface area contributed by atoms with E-state index in [4.69, 9.17) is 4.74 Å². The van der Waals surface area contributed by atoms with Gasteiger partial charge in [0.25, 0.3) is 0 Å².